The van der Waals surface area contributed by atoms with Crippen LogP contribution in [0.3, 0.4) is 0 Å². The van der Waals surface area contributed by atoms with E-state index in [9.17, 15) is 0 Å². The van der Waals surface area contributed by atoms with Gasteiger partial charge in [0, 0.05) is 7.11 Å². The van der Waals surface area contributed by atoms with Gasteiger partial charge in [0.15, 0.2) is 0 Å². The molecule has 0 heterocycles. The van der Waals surface area contributed by atoms with Crippen LogP contribution in [0, 0.1) is 0 Å². The highest BCUT2D eigenvalue weighted by molar-refractivity contribution is 6.74. The summed E-state index contributed by atoms with van der Waals surface area (Å²) in [6, 6.07) is 19.0. The molecule has 0 aromatic heterocycles. The molecule has 0 fully saturated rings. The Hall–Kier alpha value is -1.66. The van der Waals surface area contributed by atoms with Gasteiger partial charge < -0.3 is 18.6 Å². The molecule has 2 rings (SSSR count). The molecule has 0 N–H and O–H groups in total. The Bertz CT molecular complexity index is 738. The number of methoxy groups -OCH3 is 1. The van der Waals surface area contributed by atoms with E-state index in [-0.39, 0.29) is 17.9 Å². The average molecular weight is 445 g/mol. The molecule has 4 nitrogen and oxygen atoms in total. The highest BCUT2D eigenvalue weighted by Crippen LogP contribution is 2.37. The molecular weight excluding hydrogens is 404 g/mol. The molecule has 0 aliphatic rings. The van der Waals surface area contributed by atoms with Gasteiger partial charge in [-0.15, -0.1) is 0 Å². The van der Waals surface area contributed by atoms with Crippen molar-refractivity contribution in [3.8, 4) is 5.75 Å². The summed E-state index contributed by atoms with van der Waals surface area (Å²) in [5.41, 5.74) is 2.52. The molecule has 5 heteroatoms. The number of ether oxygens (including phenoxy) is 3. The van der Waals surface area contributed by atoms with E-state index in [1.54, 1.807) is 7.11 Å². The topological polar surface area (TPSA) is 36.9 Å². The van der Waals surface area contributed by atoms with E-state index < -0.39 is 8.32 Å². The largest absolute Gasteiger partial charge is 0.544 e. The van der Waals surface area contributed by atoms with E-state index in [4.69, 9.17) is 18.6 Å². The van der Waals surface area contributed by atoms with Gasteiger partial charge in [0.1, 0.15) is 12.5 Å². The first-order chi connectivity index (χ1) is 14.7. The molecular formula is C26H40O4Si. The molecule has 31 heavy (non-hydrogen) atoms. The third kappa shape index (κ3) is 8.77. The van der Waals surface area contributed by atoms with Crippen molar-refractivity contribution in [3.05, 3.63) is 65.7 Å². The second-order valence-electron chi connectivity index (χ2n) is 9.48. The quantitative estimate of drug-likeness (QED) is 0.194. The first-order valence-corrected chi connectivity index (χ1v) is 14.1. The maximum Gasteiger partial charge on any atom is 0.250 e. The van der Waals surface area contributed by atoms with Crippen LogP contribution < -0.4 is 4.43 Å². The van der Waals surface area contributed by atoms with Crippen molar-refractivity contribution < 1.29 is 18.6 Å². The summed E-state index contributed by atoms with van der Waals surface area (Å²) in [4.78, 5) is 0. The van der Waals surface area contributed by atoms with Gasteiger partial charge in [0.25, 0.3) is 0 Å². The van der Waals surface area contributed by atoms with Gasteiger partial charge in [-0.1, -0.05) is 63.2 Å². The molecule has 0 amide bonds. The molecule has 1 unspecified atom stereocenters. The van der Waals surface area contributed by atoms with E-state index in [1.807, 2.05) is 0 Å². The molecule has 0 saturated carbocycles. The third-order valence-electron chi connectivity index (χ3n) is 5.99. The fourth-order valence-corrected chi connectivity index (χ4v) is 4.04. The SMILES string of the molecule is COCCOCOC(CCCc1ccccc1)c1ccc(O[Si](C)(C)C(C)(C)C)cc1. The second kappa shape index (κ2) is 12.4. The number of benzene rings is 2. The van der Waals surface area contributed by atoms with Crippen molar-refractivity contribution in [2.75, 3.05) is 27.1 Å². The van der Waals surface area contributed by atoms with Gasteiger partial charge in [-0.05, 0) is 60.7 Å². The minimum atomic E-state index is -1.85. The predicted octanol–water partition coefficient (Wildman–Crippen LogP) is 6.77. The third-order valence-corrected chi connectivity index (χ3v) is 10.3. The molecule has 172 valence electrons. The zero-order valence-electron chi connectivity index (χ0n) is 20.1. The number of aryl methyl sites for hydroxylation is 1. The van der Waals surface area contributed by atoms with Crippen LogP contribution in [0.1, 0.15) is 50.8 Å². The van der Waals surface area contributed by atoms with Crippen molar-refractivity contribution in [3.63, 3.8) is 0 Å². The maximum absolute atomic E-state index is 6.42. The lowest BCUT2D eigenvalue weighted by Crippen LogP contribution is -2.43. The second-order valence-corrected chi connectivity index (χ2v) is 14.2. The zero-order chi connectivity index (χ0) is 22.7. The standard InChI is InChI=1S/C26H40O4Si/c1-26(2,3)31(5,6)30-24-17-15-23(16-18-24)25(29-21-28-20-19-27-4)14-10-13-22-11-8-7-9-12-22/h7-9,11-12,15-18,25H,10,13-14,19-21H2,1-6H3. The molecule has 2 aromatic rings. The lowest BCUT2D eigenvalue weighted by atomic mass is 10.0. The highest BCUT2D eigenvalue weighted by atomic mass is 28.4. The molecule has 0 bridgehead atoms. The molecule has 0 spiro atoms. The van der Waals surface area contributed by atoms with Gasteiger partial charge in [-0.25, -0.2) is 0 Å². The minimum Gasteiger partial charge on any atom is -0.544 e. The number of hydrogen-bond donors (Lipinski definition) is 0. The van der Waals surface area contributed by atoms with E-state index in [0.29, 0.717) is 13.2 Å². The van der Waals surface area contributed by atoms with Crippen molar-refractivity contribution >= 4 is 8.32 Å². The fourth-order valence-electron chi connectivity index (χ4n) is 3.01. The Morgan fingerprint density at radius 3 is 2.19 bits per heavy atom. The summed E-state index contributed by atoms with van der Waals surface area (Å²) in [6.45, 7) is 12.7. The van der Waals surface area contributed by atoms with Gasteiger partial charge in [0.2, 0.25) is 8.32 Å². The average Bonchev–Trinajstić information content (AvgIpc) is 2.73. The lowest BCUT2D eigenvalue weighted by molar-refractivity contribution is -0.101. The van der Waals surface area contributed by atoms with Crippen LogP contribution in [-0.2, 0) is 20.6 Å². The summed E-state index contributed by atoms with van der Waals surface area (Å²) in [5, 5.41) is 0.175. The minimum absolute atomic E-state index is 0.00632. The van der Waals surface area contributed by atoms with Crippen molar-refractivity contribution in [1.29, 1.82) is 0 Å². The first-order valence-electron chi connectivity index (χ1n) is 11.2. The van der Waals surface area contributed by atoms with Crippen LogP contribution in [0.15, 0.2) is 54.6 Å². The summed E-state index contributed by atoms with van der Waals surface area (Å²) in [5.74, 6) is 0.940. The van der Waals surface area contributed by atoms with Crippen LogP contribution in [0.2, 0.25) is 18.1 Å². The fraction of sp³-hybridized carbons (Fsp3) is 0.538. The van der Waals surface area contributed by atoms with Gasteiger partial charge in [-0.3, -0.25) is 0 Å². The Morgan fingerprint density at radius 2 is 1.58 bits per heavy atom. The molecule has 0 saturated heterocycles. The highest BCUT2D eigenvalue weighted by Gasteiger charge is 2.38. The van der Waals surface area contributed by atoms with Gasteiger partial charge >= 0.3 is 0 Å². The van der Waals surface area contributed by atoms with Gasteiger partial charge in [0.05, 0.1) is 19.3 Å². The van der Waals surface area contributed by atoms with Crippen LogP contribution in [0.25, 0.3) is 0 Å². The van der Waals surface area contributed by atoms with Crippen LogP contribution in [-0.4, -0.2) is 35.4 Å². The predicted molar refractivity (Wildman–Crippen MR) is 130 cm³/mol. The molecule has 0 aliphatic carbocycles. The lowest BCUT2D eigenvalue weighted by Gasteiger charge is -2.36. The van der Waals surface area contributed by atoms with Crippen LogP contribution >= 0.6 is 0 Å². The Morgan fingerprint density at radius 1 is 0.903 bits per heavy atom. The number of hydrogen-bond acceptors (Lipinski definition) is 4. The Balaban J connectivity index is 1.99. The first kappa shape index (κ1) is 25.6. The van der Waals surface area contributed by atoms with E-state index >= 15 is 0 Å². The smallest absolute Gasteiger partial charge is 0.250 e. The zero-order valence-corrected chi connectivity index (χ0v) is 21.1. The summed E-state index contributed by atoms with van der Waals surface area (Å²) < 4.78 is 23.1. The summed E-state index contributed by atoms with van der Waals surface area (Å²) in [6.07, 6.45) is 3.02. The van der Waals surface area contributed by atoms with Crippen LogP contribution in [0.4, 0.5) is 0 Å². The van der Waals surface area contributed by atoms with E-state index in [0.717, 1.165) is 30.6 Å². The van der Waals surface area contributed by atoms with Gasteiger partial charge in [-0.2, -0.15) is 0 Å². The number of rotatable bonds is 13. The van der Waals surface area contributed by atoms with E-state index in [2.05, 4.69) is 88.5 Å². The molecule has 2 aromatic carbocycles. The normalized spacial score (nSPS) is 13.2. The maximum atomic E-state index is 6.42. The summed E-state index contributed by atoms with van der Waals surface area (Å²) >= 11 is 0. The molecule has 0 aliphatic heterocycles. The summed E-state index contributed by atoms with van der Waals surface area (Å²) in [7, 11) is -0.175. The van der Waals surface area contributed by atoms with Crippen molar-refractivity contribution in [1.82, 2.24) is 0 Å². The van der Waals surface area contributed by atoms with E-state index in [1.165, 1.54) is 5.56 Å². The molecule has 1 atom stereocenters. The Labute approximate surface area is 190 Å². The molecule has 0 radical (unpaired) electrons. The van der Waals surface area contributed by atoms with Crippen LogP contribution in [0.5, 0.6) is 5.75 Å². The van der Waals surface area contributed by atoms with Crippen molar-refractivity contribution in [2.45, 2.75) is 64.3 Å². The Kier molecular flexibility index (Phi) is 10.2. The monoisotopic (exact) mass is 444 g/mol. The van der Waals surface area contributed by atoms with Crippen molar-refractivity contribution in [2.24, 2.45) is 0 Å².